The summed E-state index contributed by atoms with van der Waals surface area (Å²) in [7, 11) is -2.93. The van der Waals surface area contributed by atoms with E-state index in [9.17, 15) is 8.42 Å². The molecule has 0 saturated carbocycles. The van der Waals surface area contributed by atoms with Gasteiger partial charge in [0.05, 0.1) is 17.3 Å². The summed E-state index contributed by atoms with van der Waals surface area (Å²) < 4.78 is 22.4. The third-order valence-corrected chi connectivity index (χ3v) is 4.59. The molecular weight excluding hydrogens is 435 g/mol. The number of thiazole rings is 1. The molecule has 0 bridgehead atoms. The van der Waals surface area contributed by atoms with Crippen LogP contribution in [0.1, 0.15) is 30.2 Å². The van der Waals surface area contributed by atoms with Crippen LogP contribution in [0.2, 0.25) is 0 Å². The van der Waals surface area contributed by atoms with E-state index in [1.54, 1.807) is 11.3 Å². The number of aliphatic imine (C=N–C) groups is 1. The second kappa shape index (κ2) is 10.4. The molecule has 1 heterocycles. The number of nitrogens with one attached hydrogen (secondary N) is 2. The number of sulfone groups is 1. The fraction of sp³-hybridized carbons (Fsp3) is 0.692. The van der Waals surface area contributed by atoms with Crippen molar-refractivity contribution in [2.24, 2.45) is 4.99 Å². The Hall–Kier alpha value is -0.420. The standard InChI is InChI=1S/C13H24N4O2S2.HI/c1-5-14-13(16-9-12-8-15-11(3)20-12)17-10(2)6-7-21(4,18)19;/h8,10H,5-7,9H2,1-4H3,(H2,14,16,17);1H. The van der Waals surface area contributed by atoms with E-state index in [4.69, 9.17) is 0 Å². The summed E-state index contributed by atoms with van der Waals surface area (Å²) in [6.45, 7) is 7.24. The van der Waals surface area contributed by atoms with Crippen molar-refractivity contribution in [1.82, 2.24) is 15.6 Å². The highest BCUT2D eigenvalue weighted by Crippen LogP contribution is 2.12. The zero-order valence-electron chi connectivity index (χ0n) is 13.4. The van der Waals surface area contributed by atoms with Gasteiger partial charge in [0.1, 0.15) is 9.84 Å². The molecule has 0 aliphatic rings. The van der Waals surface area contributed by atoms with Gasteiger partial charge in [-0.1, -0.05) is 0 Å². The first-order valence-electron chi connectivity index (χ1n) is 6.94. The summed E-state index contributed by atoms with van der Waals surface area (Å²) in [5.41, 5.74) is 0. The molecule has 1 atom stereocenters. The van der Waals surface area contributed by atoms with E-state index in [0.717, 1.165) is 16.4 Å². The van der Waals surface area contributed by atoms with Gasteiger partial charge in [-0.15, -0.1) is 35.3 Å². The Labute approximate surface area is 154 Å². The van der Waals surface area contributed by atoms with Crippen molar-refractivity contribution in [3.8, 4) is 0 Å². The van der Waals surface area contributed by atoms with E-state index in [1.165, 1.54) is 6.26 Å². The molecule has 2 N–H and O–H groups in total. The lowest BCUT2D eigenvalue weighted by Gasteiger charge is -2.17. The second-order valence-corrected chi connectivity index (χ2v) is 8.58. The fourth-order valence-electron chi connectivity index (χ4n) is 1.65. The number of guanidine groups is 1. The maximum Gasteiger partial charge on any atom is 0.191 e. The van der Waals surface area contributed by atoms with Crippen LogP contribution in [-0.4, -0.2) is 44.0 Å². The minimum Gasteiger partial charge on any atom is -0.357 e. The van der Waals surface area contributed by atoms with Crippen LogP contribution in [0.5, 0.6) is 0 Å². The molecule has 0 spiro atoms. The van der Waals surface area contributed by atoms with E-state index < -0.39 is 9.84 Å². The van der Waals surface area contributed by atoms with Gasteiger partial charge in [-0.3, -0.25) is 0 Å². The van der Waals surface area contributed by atoms with Gasteiger partial charge in [0.25, 0.3) is 0 Å². The molecule has 1 rings (SSSR count). The summed E-state index contributed by atoms with van der Waals surface area (Å²) in [6, 6.07) is 0.0423. The molecular formula is C13H25IN4O2S2. The lowest BCUT2D eigenvalue weighted by Crippen LogP contribution is -2.42. The number of hydrogen-bond acceptors (Lipinski definition) is 5. The average molecular weight is 460 g/mol. The van der Waals surface area contributed by atoms with Crippen LogP contribution in [-0.2, 0) is 16.4 Å². The van der Waals surface area contributed by atoms with Gasteiger partial charge < -0.3 is 10.6 Å². The Kier molecular flexibility index (Phi) is 10.2. The van der Waals surface area contributed by atoms with Crippen LogP contribution < -0.4 is 10.6 Å². The van der Waals surface area contributed by atoms with Crippen LogP contribution in [0.25, 0.3) is 0 Å². The summed E-state index contributed by atoms with van der Waals surface area (Å²) in [5.74, 6) is 0.874. The first kappa shape index (κ1) is 21.6. The predicted molar refractivity (Wildman–Crippen MR) is 104 cm³/mol. The Morgan fingerprint density at radius 3 is 2.68 bits per heavy atom. The van der Waals surface area contributed by atoms with Gasteiger partial charge in [-0.05, 0) is 27.2 Å². The summed E-state index contributed by atoms with van der Waals surface area (Å²) in [5, 5.41) is 7.42. The van der Waals surface area contributed by atoms with Gasteiger partial charge in [0.15, 0.2) is 5.96 Å². The SMILES string of the molecule is CCNC(=NCc1cnc(C)s1)NC(C)CCS(C)(=O)=O.I. The van der Waals surface area contributed by atoms with Crippen molar-refractivity contribution in [3.63, 3.8) is 0 Å². The lowest BCUT2D eigenvalue weighted by atomic mass is 10.3. The molecule has 0 aliphatic heterocycles. The zero-order chi connectivity index (χ0) is 15.9. The highest BCUT2D eigenvalue weighted by molar-refractivity contribution is 14.0. The van der Waals surface area contributed by atoms with Crippen molar-refractivity contribution >= 4 is 51.1 Å². The normalized spacial score (nSPS) is 13.4. The molecule has 0 amide bonds. The third kappa shape index (κ3) is 9.57. The highest BCUT2D eigenvalue weighted by Gasteiger charge is 2.09. The minimum absolute atomic E-state index is 0. The minimum atomic E-state index is -2.93. The van der Waals surface area contributed by atoms with E-state index in [2.05, 4.69) is 20.6 Å². The first-order valence-corrected chi connectivity index (χ1v) is 9.81. The van der Waals surface area contributed by atoms with Crippen LogP contribution >= 0.6 is 35.3 Å². The topological polar surface area (TPSA) is 83.4 Å². The molecule has 0 aliphatic carbocycles. The van der Waals surface area contributed by atoms with Crippen LogP contribution in [0.3, 0.4) is 0 Å². The molecule has 0 aromatic carbocycles. The smallest absolute Gasteiger partial charge is 0.191 e. The van der Waals surface area contributed by atoms with E-state index in [-0.39, 0.29) is 35.8 Å². The van der Waals surface area contributed by atoms with Crippen LogP contribution in [0, 0.1) is 6.92 Å². The number of aromatic nitrogens is 1. The third-order valence-electron chi connectivity index (χ3n) is 2.71. The van der Waals surface area contributed by atoms with Crippen LogP contribution in [0.4, 0.5) is 0 Å². The maximum atomic E-state index is 11.2. The Morgan fingerprint density at radius 1 is 1.50 bits per heavy atom. The van der Waals surface area contributed by atoms with Crippen molar-refractivity contribution < 1.29 is 8.42 Å². The molecule has 1 aromatic heterocycles. The van der Waals surface area contributed by atoms with Gasteiger partial charge in [0.2, 0.25) is 0 Å². The van der Waals surface area contributed by atoms with E-state index in [0.29, 0.717) is 18.9 Å². The van der Waals surface area contributed by atoms with Crippen LogP contribution in [0.15, 0.2) is 11.2 Å². The van der Waals surface area contributed by atoms with Gasteiger partial charge in [-0.25, -0.2) is 18.4 Å². The molecule has 1 aromatic rings. The number of nitrogens with zero attached hydrogens (tertiary/aromatic N) is 2. The van der Waals surface area contributed by atoms with Crippen molar-refractivity contribution in [2.45, 2.75) is 39.8 Å². The Bertz CT molecular complexity index is 572. The zero-order valence-corrected chi connectivity index (χ0v) is 17.4. The molecule has 0 saturated heterocycles. The average Bonchev–Trinajstić information content (AvgIpc) is 2.79. The molecule has 128 valence electrons. The first-order chi connectivity index (χ1) is 9.80. The fourth-order valence-corrected chi connectivity index (χ4v) is 3.15. The molecule has 0 radical (unpaired) electrons. The van der Waals surface area contributed by atoms with Gasteiger partial charge in [-0.2, -0.15) is 0 Å². The molecule has 9 heteroatoms. The number of hydrogen-bond donors (Lipinski definition) is 2. The molecule has 6 nitrogen and oxygen atoms in total. The molecule has 0 fully saturated rings. The number of halogens is 1. The largest absolute Gasteiger partial charge is 0.357 e. The Balaban J connectivity index is 0.00000441. The predicted octanol–water partition coefficient (Wildman–Crippen LogP) is 1.95. The van der Waals surface area contributed by atoms with Crippen molar-refractivity contribution in [2.75, 3.05) is 18.6 Å². The number of aryl methyl sites for hydroxylation is 1. The van der Waals surface area contributed by atoms with Gasteiger partial charge in [0, 0.05) is 29.9 Å². The highest BCUT2D eigenvalue weighted by atomic mass is 127. The number of rotatable bonds is 7. The summed E-state index contributed by atoms with van der Waals surface area (Å²) >= 11 is 1.63. The second-order valence-electron chi connectivity index (χ2n) is 5.00. The van der Waals surface area contributed by atoms with E-state index >= 15 is 0 Å². The summed E-state index contributed by atoms with van der Waals surface area (Å²) in [6.07, 6.45) is 3.65. The maximum absolute atomic E-state index is 11.2. The van der Waals surface area contributed by atoms with Crippen molar-refractivity contribution in [3.05, 3.63) is 16.1 Å². The van der Waals surface area contributed by atoms with Gasteiger partial charge >= 0.3 is 0 Å². The molecule has 22 heavy (non-hydrogen) atoms. The monoisotopic (exact) mass is 460 g/mol. The van der Waals surface area contributed by atoms with Crippen molar-refractivity contribution in [1.29, 1.82) is 0 Å². The summed E-state index contributed by atoms with van der Waals surface area (Å²) in [4.78, 5) is 9.80. The Morgan fingerprint density at radius 2 is 2.18 bits per heavy atom. The van der Waals surface area contributed by atoms with E-state index in [1.807, 2.05) is 27.0 Å². The molecule has 1 unspecified atom stereocenters. The quantitative estimate of drug-likeness (QED) is 0.369. The lowest BCUT2D eigenvalue weighted by molar-refractivity contribution is 0.581.